The number of halogens is 1. The molecule has 0 spiro atoms. The standard InChI is InChI=1S/C22H29N5O3.HI/c1-3-29-22(28)27-14-12-26(13-15-27)21(23-2)25-16-19-10-7-11-24-20(19)30-17-18-8-5-4-6-9-18;/h4-11H,3,12-17H2,1-2H3,(H,23,25);1H. The van der Waals surface area contributed by atoms with E-state index in [1.165, 1.54) is 0 Å². The fourth-order valence-corrected chi connectivity index (χ4v) is 3.24. The number of nitrogens with zero attached hydrogens (tertiary/aromatic N) is 4. The number of ether oxygens (including phenoxy) is 2. The topological polar surface area (TPSA) is 79.3 Å². The van der Waals surface area contributed by atoms with Gasteiger partial charge in [-0.05, 0) is 18.6 Å². The molecule has 0 radical (unpaired) electrons. The van der Waals surface area contributed by atoms with E-state index < -0.39 is 0 Å². The summed E-state index contributed by atoms with van der Waals surface area (Å²) in [5, 5.41) is 3.38. The van der Waals surface area contributed by atoms with Crippen molar-refractivity contribution in [2.24, 2.45) is 4.99 Å². The van der Waals surface area contributed by atoms with Gasteiger partial charge in [0.15, 0.2) is 5.96 Å². The molecule has 0 saturated carbocycles. The van der Waals surface area contributed by atoms with Gasteiger partial charge in [-0.25, -0.2) is 9.78 Å². The minimum Gasteiger partial charge on any atom is -0.473 e. The molecule has 0 atom stereocenters. The minimum atomic E-state index is -0.254. The number of piperazine rings is 1. The smallest absolute Gasteiger partial charge is 0.409 e. The summed E-state index contributed by atoms with van der Waals surface area (Å²) in [5.41, 5.74) is 2.05. The predicted octanol–water partition coefficient (Wildman–Crippen LogP) is 3.13. The molecule has 1 aliphatic rings. The van der Waals surface area contributed by atoms with Crippen molar-refractivity contribution in [2.45, 2.75) is 20.1 Å². The lowest BCUT2D eigenvalue weighted by Gasteiger charge is -2.35. The number of carbonyl (C=O) groups excluding carboxylic acids is 1. The molecule has 0 unspecified atom stereocenters. The Balaban J connectivity index is 0.00000341. The third-order valence-electron chi connectivity index (χ3n) is 4.82. The van der Waals surface area contributed by atoms with Crippen LogP contribution in [0.15, 0.2) is 53.7 Å². The van der Waals surface area contributed by atoms with Gasteiger partial charge in [-0.1, -0.05) is 36.4 Å². The van der Waals surface area contributed by atoms with Gasteiger partial charge in [-0.2, -0.15) is 0 Å². The van der Waals surface area contributed by atoms with Crippen LogP contribution >= 0.6 is 24.0 Å². The van der Waals surface area contributed by atoms with Gasteiger partial charge in [-0.3, -0.25) is 4.99 Å². The lowest BCUT2D eigenvalue weighted by Crippen LogP contribution is -2.53. The highest BCUT2D eigenvalue weighted by Crippen LogP contribution is 2.16. The molecule has 0 aliphatic carbocycles. The number of pyridine rings is 1. The zero-order valence-electron chi connectivity index (χ0n) is 18.0. The zero-order chi connectivity index (χ0) is 21.2. The average molecular weight is 539 g/mol. The van der Waals surface area contributed by atoms with Crippen molar-refractivity contribution in [3.8, 4) is 5.88 Å². The molecule has 1 fully saturated rings. The second kappa shape index (κ2) is 13.0. The van der Waals surface area contributed by atoms with E-state index in [9.17, 15) is 4.79 Å². The van der Waals surface area contributed by atoms with Crippen molar-refractivity contribution in [3.05, 3.63) is 59.8 Å². The summed E-state index contributed by atoms with van der Waals surface area (Å²) >= 11 is 0. The van der Waals surface area contributed by atoms with Gasteiger partial charge in [0.2, 0.25) is 5.88 Å². The molecule has 1 N–H and O–H groups in total. The molecule has 1 amide bonds. The first kappa shape index (κ1) is 24.7. The maximum absolute atomic E-state index is 11.9. The van der Waals surface area contributed by atoms with Gasteiger partial charge in [0.1, 0.15) is 6.61 Å². The number of carbonyl (C=O) groups is 1. The Hall–Kier alpha value is -2.56. The average Bonchev–Trinajstić information content (AvgIpc) is 2.80. The van der Waals surface area contributed by atoms with Crippen molar-refractivity contribution >= 4 is 36.0 Å². The second-order valence-corrected chi connectivity index (χ2v) is 6.82. The highest BCUT2D eigenvalue weighted by Gasteiger charge is 2.23. The number of benzene rings is 1. The van der Waals surface area contributed by atoms with Crippen LogP contribution in [0.25, 0.3) is 0 Å². The maximum Gasteiger partial charge on any atom is 0.409 e. The molecule has 0 bridgehead atoms. The van der Waals surface area contributed by atoms with Crippen molar-refractivity contribution in [2.75, 3.05) is 39.8 Å². The molecule has 9 heteroatoms. The number of amides is 1. The molecule has 1 aromatic carbocycles. The van der Waals surface area contributed by atoms with Crippen LogP contribution in [0.2, 0.25) is 0 Å². The van der Waals surface area contributed by atoms with Crippen LogP contribution in [0.3, 0.4) is 0 Å². The van der Waals surface area contributed by atoms with E-state index in [2.05, 4.69) is 20.2 Å². The van der Waals surface area contributed by atoms with Crippen LogP contribution in [0.1, 0.15) is 18.1 Å². The number of hydrogen-bond donors (Lipinski definition) is 1. The summed E-state index contributed by atoms with van der Waals surface area (Å²) in [6.07, 6.45) is 1.48. The van der Waals surface area contributed by atoms with Gasteiger partial charge in [0, 0.05) is 51.5 Å². The second-order valence-electron chi connectivity index (χ2n) is 6.82. The molecule has 8 nitrogen and oxygen atoms in total. The predicted molar refractivity (Wildman–Crippen MR) is 131 cm³/mol. The lowest BCUT2D eigenvalue weighted by atomic mass is 10.2. The molecule has 1 saturated heterocycles. The zero-order valence-corrected chi connectivity index (χ0v) is 20.3. The van der Waals surface area contributed by atoms with E-state index in [0.717, 1.165) is 17.1 Å². The highest BCUT2D eigenvalue weighted by atomic mass is 127. The molecule has 168 valence electrons. The monoisotopic (exact) mass is 539 g/mol. The Morgan fingerprint density at radius 3 is 2.48 bits per heavy atom. The first-order chi connectivity index (χ1) is 14.7. The number of hydrogen-bond acceptors (Lipinski definition) is 5. The number of rotatable bonds is 6. The van der Waals surface area contributed by atoms with Crippen molar-refractivity contribution in [3.63, 3.8) is 0 Å². The summed E-state index contributed by atoms with van der Waals surface area (Å²) in [7, 11) is 1.76. The third kappa shape index (κ3) is 7.27. The van der Waals surface area contributed by atoms with E-state index in [4.69, 9.17) is 9.47 Å². The van der Waals surface area contributed by atoms with Crippen LogP contribution in [-0.2, 0) is 17.9 Å². The molecule has 2 aromatic rings. The van der Waals surface area contributed by atoms with E-state index >= 15 is 0 Å². The van der Waals surface area contributed by atoms with Gasteiger partial charge >= 0.3 is 6.09 Å². The van der Waals surface area contributed by atoms with Crippen LogP contribution in [0.4, 0.5) is 4.79 Å². The molecule has 31 heavy (non-hydrogen) atoms. The summed E-state index contributed by atoms with van der Waals surface area (Å²) < 4.78 is 11.0. The van der Waals surface area contributed by atoms with E-state index in [1.54, 1.807) is 18.1 Å². The normalized spacial score (nSPS) is 13.9. The third-order valence-corrected chi connectivity index (χ3v) is 4.82. The van der Waals surface area contributed by atoms with Crippen molar-refractivity contribution in [1.29, 1.82) is 0 Å². The quantitative estimate of drug-likeness (QED) is 0.346. The Kier molecular flexibility index (Phi) is 10.3. The summed E-state index contributed by atoms with van der Waals surface area (Å²) in [5.74, 6) is 1.40. The Morgan fingerprint density at radius 2 is 1.81 bits per heavy atom. The summed E-state index contributed by atoms with van der Waals surface area (Å²) in [6.45, 7) is 5.83. The first-order valence-electron chi connectivity index (χ1n) is 10.2. The summed E-state index contributed by atoms with van der Waals surface area (Å²) in [4.78, 5) is 24.5. The van der Waals surface area contributed by atoms with Crippen LogP contribution in [-0.4, -0.2) is 66.7 Å². The van der Waals surface area contributed by atoms with E-state index in [-0.39, 0.29) is 30.1 Å². The van der Waals surface area contributed by atoms with Gasteiger partial charge in [0.05, 0.1) is 6.61 Å². The van der Waals surface area contributed by atoms with Gasteiger partial charge in [0.25, 0.3) is 0 Å². The van der Waals surface area contributed by atoms with Crippen molar-refractivity contribution < 1.29 is 14.3 Å². The van der Waals surface area contributed by atoms with Crippen LogP contribution in [0, 0.1) is 0 Å². The number of aromatic nitrogens is 1. The summed E-state index contributed by atoms with van der Waals surface area (Å²) in [6, 6.07) is 13.9. The van der Waals surface area contributed by atoms with Crippen LogP contribution < -0.4 is 10.1 Å². The maximum atomic E-state index is 11.9. The molecule has 2 heterocycles. The molecule has 1 aromatic heterocycles. The lowest BCUT2D eigenvalue weighted by molar-refractivity contribution is 0.0914. The fraction of sp³-hybridized carbons (Fsp3) is 0.409. The SMILES string of the molecule is CCOC(=O)N1CCN(C(=NC)NCc2cccnc2OCc2ccccc2)CC1.I. The number of guanidine groups is 1. The number of aliphatic imine (C=N–C) groups is 1. The molecular formula is C22H30IN5O3. The van der Waals surface area contributed by atoms with Gasteiger partial charge < -0.3 is 24.6 Å². The Morgan fingerprint density at radius 1 is 1.10 bits per heavy atom. The van der Waals surface area contributed by atoms with Crippen molar-refractivity contribution in [1.82, 2.24) is 20.1 Å². The largest absolute Gasteiger partial charge is 0.473 e. The first-order valence-corrected chi connectivity index (χ1v) is 10.2. The fourth-order valence-electron chi connectivity index (χ4n) is 3.24. The minimum absolute atomic E-state index is 0. The highest BCUT2D eigenvalue weighted by molar-refractivity contribution is 14.0. The molecule has 3 rings (SSSR count). The molecular weight excluding hydrogens is 509 g/mol. The number of nitrogens with one attached hydrogen (secondary N) is 1. The van der Waals surface area contributed by atoms with Crippen LogP contribution in [0.5, 0.6) is 5.88 Å². The Labute approximate surface area is 200 Å². The Bertz CT molecular complexity index is 842. The van der Waals surface area contributed by atoms with E-state index in [0.29, 0.717) is 51.8 Å². The van der Waals surface area contributed by atoms with E-state index in [1.807, 2.05) is 49.4 Å². The van der Waals surface area contributed by atoms with Gasteiger partial charge in [-0.15, -0.1) is 24.0 Å². The molecule has 1 aliphatic heterocycles.